The molecule has 0 radical (unpaired) electrons. The summed E-state index contributed by atoms with van der Waals surface area (Å²) in [4.78, 5) is 11.9. The van der Waals surface area contributed by atoms with Crippen LogP contribution in [0.25, 0.3) is 0 Å². The topological polar surface area (TPSA) is 26.3 Å². The van der Waals surface area contributed by atoms with E-state index in [2.05, 4.69) is 63.7 Å². The number of Topliss-reactive ketones (excluding diaryl/α,β-unsaturated/α-hetero) is 1. The maximum Gasteiger partial charge on any atom is 0.193 e. The average molecular weight is 440 g/mol. The number of carbonyl (C=O) groups is 1. The highest BCUT2D eigenvalue weighted by atomic mass is 79.9. The lowest BCUT2D eigenvalue weighted by Gasteiger charge is -2.39. The van der Waals surface area contributed by atoms with Crippen LogP contribution in [0.5, 0.6) is 0 Å². The van der Waals surface area contributed by atoms with E-state index in [0.29, 0.717) is 0 Å². The van der Waals surface area contributed by atoms with Crippen LogP contribution in [0.1, 0.15) is 0 Å². The Labute approximate surface area is 109 Å². The number of ketones is 1. The molecule has 2 nitrogen and oxygen atoms in total. The van der Waals surface area contributed by atoms with E-state index in [0.717, 1.165) is 0 Å². The molecule has 0 N–H and O–H groups in total. The maximum absolute atomic E-state index is 11.9. The van der Waals surface area contributed by atoms with Crippen LogP contribution in [0.4, 0.5) is 0 Å². The molecule has 2 rings (SSSR count). The number of carbonyl (C=O) groups excluding carboxylic acids is 1. The molecule has 13 heavy (non-hydrogen) atoms. The second-order valence-electron chi connectivity index (χ2n) is 2.94. The lowest BCUT2D eigenvalue weighted by atomic mass is 10.1. The summed E-state index contributed by atoms with van der Waals surface area (Å²) in [5.74, 6) is -0.0220. The van der Waals surface area contributed by atoms with Crippen molar-refractivity contribution in [2.75, 3.05) is 0 Å². The summed E-state index contributed by atoms with van der Waals surface area (Å²) in [6, 6.07) is 0. The van der Waals surface area contributed by atoms with Crippen LogP contribution in [0.3, 0.4) is 0 Å². The van der Waals surface area contributed by atoms with Crippen molar-refractivity contribution in [1.29, 1.82) is 0 Å². The van der Waals surface area contributed by atoms with Crippen molar-refractivity contribution in [2.24, 2.45) is 0 Å². The number of fused-ring (bicyclic) bond motifs is 2. The van der Waals surface area contributed by atoms with Gasteiger partial charge in [0.15, 0.2) is 12.3 Å². The third kappa shape index (κ3) is 1.44. The van der Waals surface area contributed by atoms with Gasteiger partial charge >= 0.3 is 0 Å². The smallest absolute Gasteiger partial charge is 0.193 e. The second-order valence-corrected chi connectivity index (χ2v) is 10.1. The monoisotopic (exact) mass is 436 g/mol. The molecule has 0 aromatic rings. The molecule has 1 saturated heterocycles. The molecule has 0 amide bonds. The average Bonchev–Trinajstić information content (AvgIpc) is 2.48. The van der Waals surface area contributed by atoms with E-state index in [1.165, 1.54) is 0 Å². The maximum atomic E-state index is 11.9. The summed E-state index contributed by atoms with van der Waals surface area (Å²) in [5, 5.41) is 0. The molecule has 2 atom stereocenters. The molecule has 0 saturated carbocycles. The summed E-state index contributed by atoms with van der Waals surface area (Å²) >= 11 is 13.3. The van der Waals surface area contributed by atoms with Gasteiger partial charge in [0.05, 0.1) is 0 Å². The molecule has 6 heteroatoms. The highest BCUT2D eigenvalue weighted by Crippen LogP contribution is 2.52. The van der Waals surface area contributed by atoms with Crippen molar-refractivity contribution >= 4 is 69.5 Å². The van der Waals surface area contributed by atoms with Gasteiger partial charge in [-0.3, -0.25) is 4.79 Å². The molecule has 2 bridgehead atoms. The molecular formula is C7H4Br4O2. The first-order chi connectivity index (χ1) is 5.87. The Balaban J connectivity index is 2.47. The Kier molecular flexibility index (Phi) is 2.61. The molecule has 1 fully saturated rings. The molecule has 0 aromatic carbocycles. The fraction of sp³-hybridized carbons (Fsp3) is 0.571. The highest BCUT2D eigenvalue weighted by Gasteiger charge is 2.60. The van der Waals surface area contributed by atoms with Crippen LogP contribution in [0.15, 0.2) is 12.2 Å². The first-order valence-electron chi connectivity index (χ1n) is 3.51. The third-order valence-electron chi connectivity index (χ3n) is 2.07. The molecule has 0 aliphatic carbocycles. The van der Waals surface area contributed by atoms with Crippen LogP contribution < -0.4 is 0 Å². The van der Waals surface area contributed by atoms with Gasteiger partial charge in [-0.1, -0.05) is 75.9 Å². The number of alkyl halides is 4. The Morgan fingerprint density at radius 1 is 1.08 bits per heavy atom. The van der Waals surface area contributed by atoms with Gasteiger partial charge in [-0.2, -0.15) is 0 Å². The summed E-state index contributed by atoms with van der Waals surface area (Å²) in [6.07, 6.45) is 3.26. The zero-order chi connectivity index (χ0) is 9.85. The van der Waals surface area contributed by atoms with Crippen LogP contribution in [-0.4, -0.2) is 24.5 Å². The van der Waals surface area contributed by atoms with Crippen LogP contribution in [0.2, 0.25) is 0 Å². The lowest BCUT2D eigenvalue weighted by Crippen LogP contribution is -2.55. The molecular weight excluding hydrogens is 436 g/mol. The number of hydrogen-bond donors (Lipinski definition) is 0. The number of hydrogen-bond acceptors (Lipinski definition) is 2. The first kappa shape index (κ1) is 10.8. The van der Waals surface area contributed by atoms with Crippen molar-refractivity contribution in [1.82, 2.24) is 0 Å². The molecule has 2 heterocycles. The Morgan fingerprint density at radius 3 is 1.85 bits per heavy atom. The SMILES string of the molecule is O=C1C(Br)(Br)C2C=CC(O2)C1(Br)Br. The van der Waals surface area contributed by atoms with Crippen LogP contribution in [-0.2, 0) is 9.53 Å². The van der Waals surface area contributed by atoms with Crippen molar-refractivity contribution in [3.8, 4) is 0 Å². The van der Waals surface area contributed by atoms with E-state index in [1.807, 2.05) is 12.2 Å². The summed E-state index contributed by atoms with van der Waals surface area (Å²) in [6.45, 7) is 0. The summed E-state index contributed by atoms with van der Waals surface area (Å²) < 4.78 is 3.91. The quantitative estimate of drug-likeness (QED) is 0.429. The highest BCUT2D eigenvalue weighted by molar-refractivity contribution is 9.27. The van der Waals surface area contributed by atoms with Crippen molar-refractivity contribution in [2.45, 2.75) is 18.7 Å². The largest absolute Gasteiger partial charge is 0.361 e. The van der Waals surface area contributed by atoms with Gasteiger partial charge in [0.1, 0.15) is 12.2 Å². The van der Waals surface area contributed by atoms with Gasteiger partial charge in [0, 0.05) is 0 Å². The predicted octanol–water partition coefficient (Wildman–Crippen LogP) is 2.86. The van der Waals surface area contributed by atoms with E-state index in [-0.39, 0.29) is 18.0 Å². The van der Waals surface area contributed by atoms with Crippen molar-refractivity contribution in [3.05, 3.63) is 12.2 Å². The lowest BCUT2D eigenvalue weighted by molar-refractivity contribution is -0.128. The van der Waals surface area contributed by atoms with Crippen LogP contribution >= 0.6 is 63.7 Å². The molecule has 0 aromatic heterocycles. The van der Waals surface area contributed by atoms with Crippen molar-refractivity contribution < 1.29 is 9.53 Å². The standard InChI is InChI=1S/C7H4Br4O2/c8-6(9)3-1-2-4(13-3)7(10,11)5(6)12/h1-4H. The van der Waals surface area contributed by atoms with E-state index in [1.54, 1.807) is 0 Å². The Bertz CT molecular complexity index is 271. The molecule has 2 aliphatic heterocycles. The van der Waals surface area contributed by atoms with Crippen molar-refractivity contribution in [3.63, 3.8) is 0 Å². The zero-order valence-electron chi connectivity index (χ0n) is 6.14. The predicted molar refractivity (Wildman–Crippen MR) is 64.0 cm³/mol. The Morgan fingerprint density at radius 2 is 1.46 bits per heavy atom. The van der Waals surface area contributed by atoms with E-state index < -0.39 is 6.47 Å². The minimum Gasteiger partial charge on any atom is -0.361 e. The molecule has 0 spiro atoms. The first-order valence-corrected chi connectivity index (χ1v) is 6.68. The second kappa shape index (κ2) is 3.14. The Hall–Kier alpha value is 1.29. The van der Waals surface area contributed by atoms with Gasteiger partial charge in [0.2, 0.25) is 0 Å². The van der Waals surface area contributed by atoms with E-state index >= 15 is 0 Å². The molecule has 72 valence electrons. The van der Waals surface area contributed by atoms with Gasteiger partial charge in [0.25, 0.3) is 0 Å². The number of rotatable bonds is 0. The van der Waals surface area contributed by atoms with Gasteiger partial charge < -0.3 is 4.74 Å². The molecule has 2 unspecified atom stereocenters. The summed E-state index contributed by atoms with van der Waals surface area (Å²) in [7, 11) is 0. The number of ether oxygens (including phenoxy) is 1. The number of halogens is 4. The minimum absolute atomic E-state index is 0.0220. The normalized spacial score (nSPS) is 39.5. The third-order valence-corrected chi connectivity index (χ3v) is 5.32. The minimum atomic E-state index is -0.837. The molecule has 2 aliphatic rings. The van der Waals surface area contributed by atoms with Crippen LogP contribution in [0, 0.1) is 0 Å². The van der Waals surface area contributed by atoms with E-state index in [4.69, 9.17) is 4.74 Å². The van der Waals surface area contributed by atoms with Gasteiger partial charge in [-0.15, -0.1) is 0 Å². The fourth-order valence-electron chi connectivity index (χ4n) is 1.34. The zero-order valence-corrected chi connectivity index (χ0v) is 12.5. The van der Waals surface area contributed by atoms with E-state index in [9.17, 15) is 4.79 Å². The fourth-order valence-corrected chi connectivity index (χ4v) is 4.70. The van der Waals surface area contributed by atoms with Gasteiger partial charge in [-0.25, -0.2) is 0 Å². The summed E-state index contributed by atoms with van der Waals surface area (Å²) in [5.41, 5.74) is 0. The van der Waals surface area contributed by atoms with Gasteiger partial charge in [-0.05, 0) is 0 Å².